The third-order valence-corrected chi connectivity index (χ3v) is 14.3. The van der Waals surface area contributed by atoms with Gasteiger partial charge in [0.05, 0.1) is 35.8 Å². The van der Waals surface area contributed by atoms with E-state index in [9.17, 15) is 38.7 Å². The van der Waals surface area contributed by atoms with Gasteiger partial charge in [-0.05, 0) is 104 Å². The first-order valence-electron chi connectivity index (χ1n) is 25.4. The molecule has 2 fully saturated rings. The summed E-state index contributed by atoms with van der Waals surface area (Å²) in [6.45, 7) is 16.4. The van der Waals surface area contributed by atoms with Crippen molar-refractivity contribution >= 4 is 74.9 Å². The molecule has 3 N–H and O–H groups in total. The lowest BCUT2D eigenvalue weighted by atomic mass is 10.0. The van der Waals surface area contributed by atoms with E-state index in [1.165, 1.54) is 30.2 Å². The van der Waals surface area contributed by atoms with Gasteiger partial charge in [-0.1, -0.05) is 59.6 Å². The fourth-order valence-electron chi connectivity index (χ4n) is 10.2. The number of piperidine rings is 2. The van der Waals surface area contributed by atoms with Gasteiger partial charge in [0.25, 0.3) is 11.1 Å². The van der Waals surface area contributed by atoms with Crippen molar-refractivity contribution in [3.63, 3.8) is 0 Å². The van der Waals surface area contributed by atoms with Crippen molar-refractivity contribution < 1.29 is 29.0 Å². The molecular weight excluding hydrogens is 1020 g/mol. The number of aryl methyl sites for hydroxylation is 2. The predicted octanol–water partition coefficient (Wildman–Crippen LogP) is 6.72. The molecule has 3 atom stereocenters. The highest BCUT2D eigenvalue weighted by Gasteiger charge is 2.35. The molecule has 0 bridgehead atoms. The van der Waals surface area contributed by atoms with E-state index in [0.29, 0.717) is 70.0 Å². The van der Waals surface area contributed by atoms with Crippen LogP contribution in [0.15, 0.2) is 67.7 Å². The highest BCUT2D eigenvalue weighted by Crippen LogP contribution is 2.39. The van der Waals surface area contributed by atoms with Crippen LogP contribution in [0.2, 0.25) is 10.0 Å². The number of amides is 2. The van der Waals surface area contributed by atoms with Crippen molar-refractivity contribution in [2.45, 2.75) is 124 Å². The minimum Gasteiger partial charge on any atom is -0.444 e. The Morgan fingerprint density at radius 1 is 0.632 bits per heavy atom. The fourth-order valence-corrected chi connectivity index (χ4v) is 10.6. The van der Waals surface area contributed by atoms with Gasteiger partial charge in [0.15, 0.2) is 5.78 Å². The number of halogens is 2. The van der Waals surface area contributed by atoms with Crippen LogP contribution in [0.4, 0.5) is 21.2 Å². The predicted molar refractivity (Wildman–Crippen MR) is 296 cm³/mol. The zero-order valence-electron chi connectivity index (χ0n) is 45.4. The second-order valence-corrected chi connectivity index (χ2v) is 22.5. The minimum absolute atomic E-state index is 0.209. The smallest absolute Gasteiger partial charge is 0.407 e. The highest BCUT2D eigenvalue weighted by atomic mass is 35.5. The molecule has 6 aromatic rings. The molecule has 8 rings (SSSR count). The van der Waals surface area contributed by atoms with Gasteiger partial charge in [0, 0.05) is 82.1 Å². The summed E-state index contributed by atoms with van der Waals surface area (Å²) in [7, 11) is 6.03. The second-order valence-electron chi connectivity index (χ2n) is 21.7. The molecule has 2 aromatic carbocycles. The number of aliphatic hydroxyl groups is 1. The highest BCUT2D eigenvalue weighted by molar-refractivity contribution is 6.31. The Hall–Kier alpha value is -6.77. The standard InChI is InChI=1S/C27H36ClN5O5.C27H34ClN5O5/c2*1-16(34)20-21-22(24(35)31(6)26(37)30(21)5)33(14-17-10-7-8-12-19(17)28)23(20)32-13-9-11-18(15-32)29-25(36)38-27(2,3)4/h7-8,10,12,16,18,34H,9,11,13-15H2,1-6H3,(H,29,36);7-8,10,12,18H,9,11,13-15H2,1-6H3,(H,29,36)/t16?,18-;18-/m11/s1. The zero-order chi connectivity index (χ0) is 55.9. The number of aliphatic hydroxyl groups excluding tert-OH is 1. The number of carbonyl (C=O) groups excluding carboxylic acids is 3. The molecule has 22 heteroatoms. The quantitative estimate of drug-likeness (QED) is 0.122. The lowest BCUT2D eigenvalue weighted by Gasteiger charge is -2.36. The van der Waals surface area contributed by atoms with Gasteiger partial charge in [-0.2, -0.15) is 0 Å². The Labute approximate surface area is 450 Å². The number of fused-ring (bicyclic) bond motifs is 2. The number of hydrogen-bond acceptors (Lipinski definition) is 12. The van der Waals surface area contributed by atoms with E-state index in [0.717, 1.165) is 45.9 Å². The Morgan fingerprint density at radius 3 is 1.43 bits per heavy atom. The molecule has 20 nitrogen and oxygen atoms in total. The molecule has 76 heavy (non-hydrogen) atoms. The summed E-state index contributed by atoms with van der Waals surface area (Å²) in [5, 5.41) is 18.0. The van der Waals surface area contributed by atoms with Crippen molar-refractivity contribution in [3.05, 3.63) is 123 Å². The molecule has 0 spiro atoms. The monoisotopic (exact) mass is 1090 g/mol. The van der Waals surface area contributed by atoms with Gasteiger partial charge in [-0.3, -0.25) is 32.7 Å². The van der Waals surface area contributed by atoms with Crippen LogP contribution >= 0.6 is 23.2 Å². The maximum Gasteiger partial charge on any atom is 0.407 e. The van der Waals surface area contributed by atoms with Gasteiger partial charge >= 0.3 is 23.6 Å². The molecule has 0 aliphatic carbocycles. The number of nitrogens with one attached hydrogen (secondary N) is 2. The first-order valence-corrected chi connectivity index (χ1v) is 26.1. The summed E-state index contributed by atoms with van der Waals surface area (Å²) >= 11 is 13.0. The summed E-state index contributed by atoms with van der Waals surface area (Å²) in [5.41, 5.74) is 0.365. The summed E-state index contributed by atoms with van der Waals surface area (Å²) < 4.78 is 19.4. The second kappa shape index (κ2) is 22.4. The van der Waals surface area contributed by atoms with E-state index < -0.39 is 52.0 Å². The molecule has 1 unspecified atom stereocenters. The normalized spacial score (nSPS) is 16.6. The van der Waals surface area contributed by atoms with Crippen molar-refractivity contribution in [2.24, 2.45) is 28.2 Å². The number of hydrogen-bond donors (Lipinski definition) is 3. The van der Waals surface area contributed by atoms with E-state index in [1.807, 2.05) is 66.6 Å². The van der Waals surface area contributed by atoms with Crippen LogP contribution in [0.5, 0.6) is 0 Å². The fraction of sp³-hybridized carbons (Fsp3) is 0.500. The molecule has 6 heterocycles. The van der Waals surface area contributed by atoms with E-state index in [1.54, 1.807) is 58.5 Å². The van der Waals surface area contributed by atoms with Crippen LogP contribution in [-0.2, 0) is 50.8 Å². The average Bonchev–Trinajstić information content (AvgIpc) is 3.86. The van der Waals surface area contributed by atoms with Crippen LogP contribution in [-0.4, -0.2) is 99.9 Å². The Balaban J connectivity index is 0.000000221. The third kappa shape index (κ3) is 11.9. The van der Waals surface area contributed by atoms with Gasteiger partial charge in [0.2, 0.25) is 0 Å². The van der Waals surface area contributed by atoms with Crippen LogP contribution in [0.1, 0.15) is 114 Å². The summed E-state index contributed by atoms with van der Waals surface area (Å²) in [6, 6.07) is 14.2. The number of nitrogens with zero attached hydrogens (tertiary/aromatic N) is 8. The third-order valence-electron chi connectivity index (χ3n) is 13.5. The van der Waals surface area contributed by atoms with Crippen LogP contribution in [0.3, 0.4) is 0 Å². The summed E-state index contributed by atoms with van der Waals surface area (Å²) in [5.74, 6) is 0.888. The molecule has 2 aliphatic heterocycles. The summed E-state index contributed by atoms with van der Waals surface area (Å²) in [4.78, 5) is 95.0. The number of ether oxygens (including phenoxy) is 2. The van der Waals surface area contributed by atoms with E-state index in [2.05, 4.69) is 15.5 Å². The number of ketones is 1. The maximum absolute atomic E-state index is 13.5. The maximum atomic E-state index is 13.5. The van der Waals surface area contributed by atoms with E-state index in [4.69, 9.17) is 32.7 Å². The number of aromatic nitrogens is 6. The number of alkyl carbamates (subject to hydrolysis) is 2. The van der Waals surface area contributed by atoms with Crippen LogP contribution in [0.25, 0.3) is 22.1 Å². The molecule has 4 aromatic heterocycles. The van der Waals surface area contributed by atoms with E-state index in [-0.39, 0.29) is 42.0 Å². The van der Waals surface area contributed by atoms with Crippen molar-refractivity contribution in [1.29, 1.82) is 0 Å². The average molecular weight is 1090 g/mol. The SMILES string of the molecule is CC(=O)c1c(N2CCC[C@@H](NC(=O)OC(C)(C)C)C2)n(Cc2ccccc2Cl)c2c(=O)n(C)c(=O)n(C)c12.CC(O)c1c(N2CCC[C@@H](NC(=O)OC(C)(C)C)C2)n(Cc2ccccc2Cl)c2c(=O)n(C)c(=O)n(C)c12. The van der Waals surface area contributed by atoms with Crippen molar-refractivity contribution in [2.75, 3.05) is 36.0 Å². The first-order chi connectivity index (χ1) is 35.6. The largest absolute Gasteiger partial charge is 0.444 e. The van der Waals surface area contributed by atoms with Crippen LogP contribution in [0, 0.1) is 0 Å². The molecule has 2 saturated heterocycles. The molecule has 2 aliphatic rings. The molecule has 0 saturated carbocycles. The summed E-state index contributed by atoms with van der Waals surface area (Å²) in [6.07, 6.45) is 1.02. The topological polar surface area (TPSA) is 218 Å². The molecule has 0 radical (unpaired) electrons. The lowest BCUT2D eigenvalue weighted by molar-refractivity contribution is 0.0488. The zero-order valence-corrected chi connectivity index (χ0v) is 46.9. The number of benzene rings is 2. The number of anilines is 2. The number of Topliss-reactive ketones (excluding diaryl/α,β-unsaturated/α-hetero) is 1. The van der Waals surface area contributed by atoms with Crippen molar-refractivity contribution in [3.8, 4) is 0 Å². The Bertz CT molecular complexity index is 3460. The van der Waals surface area contributed by atoms with E-state index >= 15 is 0 Å². The number of rotatable bonds is 10. The van der Waals surface area contributed by atoms with Crippen LogP contribution < -0.4 is 42.9 Å². The molecule has 410 valence electrons. The van der Waals surface area contributed by atoms with Gasteiger partial charge in [0.1, 0.15) is 33.9 Å². The minimum atomic E-state index is -0.975. The Kier molecular flexibility index (Phi) is 16.8. The van der Waals surface area contributed by atoms with Gasteiger partial charge in [-0.25, -0.2) is 19.2 Å². The van der Waals surface area contributed by atoms with Gasteiger partial charge < -0.3 is 44.1 Å². The first kappa shape index (κ1) is 56.9. The molecular formula is C54H70Cl2N10O10. The van der Waals surface area contributed by atoms with Crippen molar-refractivity contribution in [1.82, 2.24) is 38.0 Å². The molecule has 2 amide bonds. The van der Waals surface area contributed by atoms with Gasteiger partial charge in [-0.15, -0.1) is 0 Å². The number of carbonyl (C=O) groups is 3. The Morgan fingerprint density at radius 2 is 1.03 bits per heavy atom. The lowest BCUT2D eigenvalue weighted by Crippen LogP contribution is -2.49.